The van der Waals surface area contributed by atoms with Crippen molar-refractivity contribution in [2.75, 3.05) is 0 Å². The van der Waals surface area contributed by atoms with Gasteiger partial charge in [-0.2, -0.15) is 8.42 Å². The summed E-state index contributed by atoms with van der Waals surface area (Å²) < 4.78 is 47.9. The Morgan fingerprint density at radius 1 is 0.786 bits per heavy atom. The molecule has 14 heteroatoms. The van der Waals surface area contributed by atoms with E-state index in [9.17, 15) is 0 Å². The molecule has 0 bridgehead atoms. The average molecular weight is 431 g/mol. The van der Waals surface area contributed by atoms with Crippen LogP contribution in [-0.4, -0.2) is 135 Å². The Labute approximate surface area is 190 Å². The molecule has 14 heavy (non-hydrogen) atoms. The summed E-state index contributed by atoms with van der Waals surface area (Å²) in [7, 11) is -7.67. The van der Waals surface area contributed by atoms with Crippen molar-refractivity contribution in [3.8, 4) is 0 Å². The molecule has 0 aromatic heterocycles. The third kappa shape index (κ3) is 197. The molecule has 7 nitrogen and oxygen atoms in total. The van der Waals surface area contributed by atoms with Crippen LogP contribution < -0.4 is 0 Å². The van der Waals surface area contributed by atoms with Crippen LogP contribution in [0.3, 0.4) is 0 Å². The minimum Gasteiger partial charge on any atom is -0.412 e. The van der Waals surface area contributed by atoms with Crippen LogP contribution >= 0.6 is 0 Å². The van der Waals surface area contributed by atoms with Crippen molar-refractivity contribution in [2.45, 2.75) is 0 Å². The summed E-state index contributed by atoms with van der Waals surface area (Å²) in [5, 5.41) is 0. The van der Waals surface area contributed by atoms with Crippen LogP contribution in [0.1, 0.15) is 0 Å². The minimum absolute atomic E-state index is 0. The summed E-state index contributed by atoms with van der Waals surface area (Å²) in [6.07, 6.45) is 0. The van der Waals surface area contributed by atoms with E-state index in [4.69, 9.17) is 26.6 Å². The third-order valence-electron chi connectivity index (χ3n) is 0. The van der Waals surface area contributed by atoms with Crippen LogP contribution in [0.25, 0.3) is 0 Å². The van der Waals surface area contributed by atoms with Crippen LogP contribution in [0.5, 0.6) is 0 Å². The smallest absolute Gasteiger partial charge is 0.263 e. The van der Waals surface area contributed by atoms with Gasteiger partial charge in [0.1, 0.15) is 0 Å². The average Bonchev–Trinajstić information content (AvgIpc) is 1.12. The van der Waals surface area contributed by atoms with Crippen LogP contribution in [0, 0.1) is 0 Å². The summed E-state index contributed by atoms with van der Waals surface area (Å²) in [6, 6.07) is 0. The fourth-order valence-electron chi connectivity index (χ4n) is 0. The molecule has 0 aromatic rings. The number of hydrogen-bond donors (Lipinski definition) is 4. The zero-order chi connectivity index (χ0) is 9.00. The molecule has 0 aromatic carbocycles. The Morgan fingerprint density at radius 3 is 0.786 bits per heavy atom. The van der Waals surface area contributed by atoms with E-state index in [0.717, 1.165) is 0 Å². The van der Waals surface area contributed by atoms with E-state index in [1.54, 1.807) is 0 Å². The Balaban J connectivity index is -0.0000000178. The standard InChI is InChI=1S/2K.2H2O3S2.H2O.Pd/c;;2*1-5(2,3)4;;/h;;2*(H2,1,2,3,4);1H2;. The quantitative estimate of drug-likeness (QED) is 0.316. The Morgan fingerprint density at radius 2 is 0.786 bits per heavy atom. The molecule has 0 atom stereocenters. The summed E-state index contributed by atoms with van der Waals surface area (Å²) in [5.74, 6) is 0. The molecule has 0 saturated heterocycles. The summed E-state index contributed by atoms with van der Waals surface area (Å²) in [6.45, 7) is 0. The molecule has 0 amide bonds. The Hall–Kier alpha value is 4.48. The molecule has 0 aliphatic rings. The van der Waals surface area contributed by atoms with Gasteiger partial charge in [0.05, 0.1) is 0 Å². The van der Waals surface area contributed by atoms with Crippen LogP contribution in [0.15, 0.2) is 0 Å². The predicted octanol–water partition coefficient (Wildman–Crippen LogP) is -2.23. The zero-order valence-electron chi connectivity index (χ0n) is 7.05. The molecule has 0 fully saturated rings. The van der Waals surface area contributed by atoms with Gasteiger partial charge >= 0.3 is 0 Å². The summed E-state index contributed by atoms with van der Waals surface area (Å²) >= 11 is 6.93. The van der Waals surface area contributed by atoms with Gasteiger partial charge in [-0.3, -0.25) is 18.2 Å². The molecule has 84 valence electrons. The van der Waals surface area contributed by atoms with Crippen LogP contribution in [0.4, 0.5) is 0 Å². The fourth-order valence-corrected chi connectivity index (χ4v) is 0. The molecule has 0 heterocycles. The normalized spacial score (nSPS) is 8.29. The predicted molar refractivity (Wildman–Crippen MR) is 56.7 cm³/mol. The molecule has 0 aliphatic heterocycles. The zero-order valence-corrected chi connectivity index (χ0v) is 18.1. The second-order valence-corrected chi connectivity index (χ2v) is 5.29. The first-order valence-corrected chi connectivity index (χ1v) is 6.19. The molecular formula is H6K2O7PdS4. The fraction of sp³-hybridized carbons (Fsp3) is 0. The Kier molecular flexibility index (Phi) is 45.3. The van der Waals surface area contributed by atoms with Crippen molar-refractivity contribution in [1.82, 2.24) is 0 Å². The first kappa shape index (κ1) is 36.3. The topological polar surface area (TPSA) is 147 Å². The van der Waals surface area contributed by atoms with Gasteiger partial charge < -0.3 is 5.48 Å². The molecule has 2 radical (unpaired) electrons. The van der Waals surface area contributed by atoms with E-state index >= 15 is 0 Å². The molecule has 6 N–H and O–H groups in total. The molecule has 0 saturated carbocycles. The molecule has 0 unspecified atom stereocenters. The molecule has 0 aliphatic carbocycles. The monoisotopic (exact) mass is 430 g/mol. The second kappa shape index (κ2) is 17.5. The minimum atomic E-state index is -3.83. The van der Waals surface area contributed by atoms with Gasteiger partial charge in [-0.25, -0.2) is 0 Å². The summed E-state index contributed by atoms with van der Waals surface area (Å²) in [5.41, 5.74) is 0. The van der Waals surface area contributed by atoms with Crippen molar-refractivity contribution in [3.63, 3.8) is 0 Å². The van der Waals surface area contributed by atoms with E-state index in [1.807, 2.05) is 0 Å². The van der Waals surface area contributed by atoms with Crippen LogP contribution in [-0.2, 0) is 60.9 Å². The van der Waals surface area contributed by atoms with E-state index < -0.39 is 18.1 Å². The van der Waals surface area contributed by atoms with Crippen molar-refractivity contribution in [2.24, 2.45) is 0 Å². The number of rotatable bonds is 0. The van der Waals surface area contributed by atoms with Crippen LogP contribution in [0.2, 0.25) is 0 Å². The second-order valence-electron chi connectivity index (χ2n) is 0.896. The first-order valence-electron chi connectivity index (χ1n) is 1.40. The van der Waals surface area contributed by atoms with Crippen molar-refractivity contribution in [3.05, 3.63) is 0 Å². The van der Waals surface area contributed by atoms with E-state index in [-0.39, 0.29) is 129 Å². The SMILES string of the molecule is O.O=S(O)(O)=S.O=S(O)(O)=S.[K].[K].[Pd]. The Bertz CT molecular complexity index is 220. The molecular weight excluding hydrogens is 425 g/mol. The van der Waals surface area contributed by atoms with E-state index in [1.165, 1.54) is 0 Å². The van der Waals surface area contributed by atoms with Gasteiger partial charge in [-0.1, -0.05) is 0 Å². The maximum absolute atomic E-state index is 9.11. The van der Waals surface area contributed by atoms with Gasteiger partial charge in [-0.05, 0) is 0 Å². The number of hydrogen-bond acceptors (Lipinski definition) is 4. The van der Waals surface area contributed by atoms with Gasteiger partial charge in [0, 0.05) is 146 Å². The summed E-state index contributed by atoms with van der Waals surface area (Å²) in [4.78, 5) is 0. The first-order chi connectivity index (χ1) is 4.00. The van der Waals surface area contributed by atoms with E-state index in [2.05, 4.69) is 22.4 Å². The van der Waals surface area contributed by atoms with Gasteiger partial charge in [0.2, 0.25) is 0 Å². The van der Waals surface area contributed by atoms with Gasteiger partial charge in [0.25, 0.3) is 18.1 Å². The largest absolute Gasteiger partial charge is 0.412 e. The maximum Gasteiger partial charge on any atom is 0.263 e. The third-order valence-corrected chi connectivity index (χ3v) is 0. The van der Waals surface area contributed by atoms with E-state index in [0.29, 0.717) is 0 Å². The molecule has 0 spiro atoms. The maximum atomic E-state index is 9.11. The van der Waals surface area contributed by atoms with Crippen molar-refractivity contribution < 1.29 is 52.5 Å². The van der Waals surface area contributed by atoms with Crippen molar-refractivity contribution in [1.29, 1.82) is 0 Å². The van der Waals surface area contributed by atoms with Gasteiger partial charge in [-0.15, -0.1) is 0 Å². The van der Waals surface area contributed by atoms with Crippen molar-refractivity contribution >= 4 is 143 Å². The molecule has 0 rings (SSSR count). The van der Waals surface area contributed by atoms with Gasteiger partial charge in [0.15, 0.2) is 0 Å².